The van der Waals surface area contributed by atoms with Crippen LogP contribution < -0.4 is 5.32 Å². The lowest BCUT2D eigenvalue weighted by molar-refractivity contribution is 0.156. The summed E-state index contributed by atoms with van der Waals surface area (Å²) in [5.74, 6) is 1.04. The molecule has 1 N–H and O–H groups in total. The summed E-state index contributed by atoms with van der Waals surface area (Å²) in [6.45, 7) is 7.73. The van der Waals surface area contributed by atoms with Crippen LogP contribution in [-0.4, -0.2) is 60.0 Å². The van der Waals surface area contributed by atoms with Crippen molar-refractivity contribution in [3.63, 3.8) is 0 Å². The monoisotopic (exact) mass is 367 g/mol. The second kappa shape index (κ2) is 8.13. The van der Waals surface area contributed by atoms with Crippen LogP contribution in [0.1, 0.15) is 25.3 Å². The highest BCUT2D eigenvalue weighted by Gasteiger charge is 2.42. The molecule has 6 heteroatoms. The van der Waals surface area contributed by atoms with Crippen molar-refractivity contribution in [2.75, 3.05) is 39.4 Å². The highest BCUT2D eigenvalue weighted by molar-refractivity contribution is 5.80. The number of benzene rings is 1. The lowest BCUT2D eigenvalue weighted by Gasteiger charge is -2.24. The zero-order chi connectivity index (χ0) is 18.5. The molecule has 1 aromatic carbocycles. The molecular formula is C21H29N5O. The molecule has 1 atom stereocenters. The van der Waals surface area contributed by atoms with Crippen LogP contribution in [0.2, 0.25) is 0 Å². The van der Waals surface area contributed by atoms with Crippen LogP contribution in [0.4, 0.5) is 0 Å². The van der Waals surface area contributed by atoms with Crippen LogP contribution in [0, 0.1) is 5.41 Å². The van der Waals surface area contributed by atoms with E-state index in [1.165, 1.54) is 18.4 Å². The SMILES string of the molecule is CCNC(=NCCc1cnn(-c2ccccc2)c1)N1CCC2(CCOC2)C1. The zero-order valence-electron chi connectivity index (χ0n) is 16.1. The van der Waals surface area contributed by atoms with Crippen molar-refractivity contribution in [3.05, 3.63) is 48.3 Å². The zero-order valence-corrected chi connectivity index (χ0v) is 16.1. The molecule has 0 bridgehead atoms. The number of aliphatic imine (C=N–C) groups is 1. The third-order valence-electron chi connectivity index (χ3n) is 5.58. The summed E-state index contributed by atoms with van der Waals surface area (Å²) in [5.41, 5.74) is 2.65. The van der Waals surface area contributed by atoms with Crippen LogP contribution in [0.15, 0.2) is 47.7 Å². The minimum absolute atomic E-state index is 0.354. The number of nitrogens with zero attached hydrogens (tertiary/aromatic N) is 4. The Balaban J connectivity index is 1.36. The van der Waals surface area contributed by atoms with E-state index in [9.17, 15) is 0 Å². The van der Waals surface area contributed by atoms with Gasteiger partial charge in [-0.15, -0.1) is 0 Å². The first-order valence-electron chi connectivity index (χ1n) is 9.98. The molecule has 0 aliphatic carbocycles. The summed E-state index contributed by atoms with van der Waals surface area (Å²) in [5, 5.41) is 7.94. The Hall–Kier alpha value is -2.34. The maximum Gasteiger partial charge on any atom is 0.193 e. The largest absolute Gasteiger partial charge is 0.381 e. The molecule has 1 spiro atoms. The Bertz CT molecular complexity index is 764. The first kappa shape index (κ1) is 18.0. The van der Waals surface area contributed by atoms with Crippen LogP contribution in [0.25, 0.3) is 5.69 Å². The Morgan fingerprint density at radius 2 is 2.19 bits per heavy atom. The van der Waals surface area contributed by atoms with Gasteiger partial charge in [0.05, 0.1) is 18.5 Å². The van der Waals surface area contributed by atoms with Gasteiger partial charge in [0.15, 0.2) is 5.96 Å². The molecule has 1 unspecified atom stereocenters. The van der Waals surface area contributed by atoms with Gasteiger partial charge in [0.2, 0.25) is 0 Å². The molecule has 1 aromatic heterocycles. The summed E-state index contributed by atoms with van der Waals surface area (Å²) in [7, 11) is 0. The number of hydrogen-bond acceptors (Lipinski definition) is 3. The van der Waals surface area contributed by atoms with Crippen LogP contribution in [0.5, 0.6) is 0 Å². The van der Waals surface area contributed by atoms with Crippen LogP contribution in [-0.2, 0) is 11.2 Å². The topological polar surface area (TPSA) is 54.7 Å². The lowest BCUT2D eigenvalue weighted by atomic mass is 9.87. The van der Waals surface area contributed by atoms with Crippen molar-refractivity contribution < 1.29 is 4.74 Å². The number of para-hydroxylation sites is 1. The standard InChI is InChI=1S/C21H29N5O/c1-2-22-20(25-12-9-21(16-25)10-13-27-17-21)23-11-8-18-14-24-26(15-18)19-6-4-3-5-7-19/h3-7,14-15H,2,8-13,16-17H2,1H3,(H,22,23). The molecular weight excluding hydrogens is 338 g/mol. The molecule has 0 radical (unpaired) electrons. The van der Waals surface area contributed by atoms with Gasteiger partial charge in [-0.3, -0.25) is 4.99 Å². The molecule has 144 valence electrons. The molecule has 6 nitrogen and oxygen atoms in total. The average Bonchev–Trinajstić information content (AvgIpc) is 3.44. The van der Waals surface area contributed by atoms with E-state index in [1.54, 1.807) is 0 Å². The van der Waals surface area contributed by atoms with Crippen molar-refractivity contribution in [1.29, 1.82) is 0 Å². The summed E-state index contributed by atoms with van der Waals surface area (Å²) >= 11 is 0. The van der Waals surface area contributed by atoms with Gasteiger partial charge in [0.25, 0.3) is 0 Å². The Kier molecular flexibility index (Phi) is 5.43. The van der Waals surface area contributed by atoms with Gasteiger partial charge in [-0.25, -0.2) is 4.68 Å². The molecule has 3 heterocycles. The van der Waals surface area contributed by atoms with E-state index in [4.69, 9.17) is 9.73 Å². The quantitative estimate of drug-likeness (QED) is 0.652. The lowest BCUT2D eigenvalue weighted by Crippen LogP contribution is -2.41. The second-order valence-corrected chi connectivity index (χ2v) is 7.59. The van der Waals surface area contributed by atoms with Gasteiger partial charge in [-0.1, -0.05) is 18.2 Å². The van der Waals surface area contributed by atoms with Gasteiger partial charge >= 0.3 is 0 Å². The van der Waals surface area contributed by atoms with Gasteiger partial charge in [0, 0.05) is 44.4 Å². The number of guanidine groups is 1. The maximum absolute atomic E-state index is 5.65. The first-order valence-corrected chi connectivity index (χ1v) is 9.98. The van der Waals surface area contributed by atoms with E-state index >= 15 is 0 Å². The predicted molar refractivity (Wildman–Crippen MR) is 107 cm³/mol. The smallest absolute Gasteiger partial charge is 0.193 e. The molecule has 2 aliphatic heterocycles. The first-order chi connectivity index (χ1) is 13.3. The number of hydrogen-bond donors (Lipinski definition) is 1. The molecule has 0 amide bonds. The minimum Gasteiger partial charge on any atom is -0.381 e. The van der Waals surface area contributed by atoms with Crippen molar-refractivity contribution in [2.45, 2.75) is 26.2 Å². The highest BCUT2D eigenvalue weighted by Crippen LogP contribution is 2.38. The van der Waals surface area contributed by atoms with Gasteiger partial charge in [-0.2, -0.15) is 5.10 Å². The summed E-state index contributed by atoms with van der Waals surface area (Å²) < 4.78 is 7.58. The van der Waals surface area contributed by atoms with Gasteiger partial charge in [0.1, 0.15) is 0 Å². The summed E-state index contributed by atoms with van der Waals surface area (Å²) in [6.07, 6.45) is 7.32. The van der Waals surface area contributed by atoms with Crippen molar-refractivity contribution >= 4 is 5.96 Å². The molecule has 0 saturated carbocycles. The van der Waals surface area contributed by atoms with Crippen molar-refractivity contribution in [2.24, 2.45) is 10.4 Å². The molecule has 2 saturated heterocycles. The molecule has 27 heavy (non-hydrogen) atoms. The Labute approximate surface area is 161 Å². The van der Waals surface area contributed by atoms with E-state index in [2.05, 4.69) is 40.6 Å². The molecule has 2 aliphatic rings. The number of aromatic nitrogens is 2. The highest BCUT2D eigenvalue weighted by atomic mass is 16.5. The second-order valence-electron chi connectivity index (χ2n) is 7.59. The molecule has 4 rings (SSSR count). The fraction of sp³-hybridized carbons (Fsp3) is 0.524. The normalized spacial score (nSPS) is 22.7. The van der Waals surface area contributed by atoms with Gasteiger partial charge in [-0.05, 0) is 43.9 Å². The average molecular weight is 367 g/mol. The van der Waals surface area contributed by atoms with E-state index in [-0.39, 0.29) is 0 Å². The third kappa shape index (κ3) is 4.16. The molecule has 2 fully saturated rings. The fourth-order valence-electron chi connectivity index (χ4n) is 4.02. The van der Waals surface area contributed by atoms with E-state index in [0.717, 1.165) is 57.5 Å². The molecule has 2 aromatic rings. The number of likely N-dealkylation sites (tertiary alicyclic amines) is 1. The number of rotatable bonds is 5. The summed E-state index contributed by atoms with van der Waals surface area (Å²) in [6, 6.07) is 10.2. The minimum atomic E-state index is 0.354. The maximum atomic E-state index is 5.65. The number of ether oxygens (including phenoxy) is 1. The fourth-order valence-corrected chi connectivity index (χ4v) is 4.02. The Morgan fingerprint density at radius 3 is 2.96 bits per heavy atom. The van der Waals surface area contributed by atoms with E-state index < -0.39 is 0 Å². The van der Waals surface area contributed by atoms with Gasteiger partial charge < -0.3 is 15.0 Å². The predicted octanol–water partition coefficient (Wildman–Crippen LogP) is 2.49. The van der Waals surface area contributed by atoms with Crippen LogP contribution >= 0.6 is 0 Å². The van der Waals surface area contributed by atoms with Crippen molar-refractivity contribution in [1.82, 2.24) is 20.0 Å². The number of nitrogens with one attached hydrogen (secondary N) is 1. The third-order valence-corrected chi connectivity index (χ3v) is 5.58. The van der Waals surface area contributed by atoms with Crippen LogP contribution in [0.3, 0.4) is 0 Å². The summed E-state index contributed by atoms with van der Waals surface area (Å²) in [4.78, 5) is 7.29. The van der Waals surface area contributed by atoms with Crippen molar-refractivity contribution in [3.8, 4) is 5.69 Å². The Morgan fingerprint density at radius 1 is 1.30 bits per heavy atom. The van der Waals surface area contributed by atoms with E-state index in [1.807, 2.05) is 29.1 Å². The van der Waals surface area contributed by atoms with E-state index in [0.29, 0.717) is 5.41 Å².